The number of furan rings is 1. The Morgan fingerprint density at radius 3 is 2.71 bits per heavy atom. The molecule has 1 atom stereocenters. The first kappa shape index (κ1) is 12.7. The second kappa shape index (κ2) is 5.71. The first-order valence-corrected chi connectivity index (χ1v) is 7.06. The molecule has 92 valence electrons. The normalized spacial score (nSPS) is 12.9. The zero-order valence-electron chi connectivity index (χ0n) is 10.00. The van der Waals surface area contributed by atoms with Crippen molar-refractivity contribution in [2.45, 2.75) is 26.3 Å². The second-order valence-corrected chi connectivity index (χ2v) is 5.14. The molecule has 2 aromatic heterocycles. The first-order chi connectivity index (χ1) is 8.26. The molecule has 0 amide bonds. The molecule has 0 bridgehead atoms. The van der Waals surface area contributed by atoms with Crippen LogP contribution in [0.3, 0.4) is 0 Å². The molecule has 2 heterocycles. The van der Waals surface area contributed by atoms with E-state index in [4.69, 9.17) is 16.0 Å². The van der Waals surface area contributed by atoms with Crippen LogP contribution in [-0.4, -0.2) is 6.54 Å². The van der Waals surface area contributed by atoms with Crippen molar-refractivity contribution in [2.75, 3.05) is 6.54 Å². The number of hydrogen-bond donors (Lipinski definition) is 1. The molecule has 0 aliphatic carbocycles. The van der Waals surface area contributed by atoms with Gasteiger partial charge in [0.25, 0.3) is 0 Å². The van der Waals surface area contributed by atoms with Crippen LogP contribution in [0.2, 0.25) is 5.02 Å². The largest absolute Gasteiger partial charge is 0.464 e. The third-order valence-corrected chi connectivity index (χ3v) is 4.05. The molecule has 0 saturated heterocycles. The maximum atomic E-state index is 6.19. The lowest BCUT2D eigenvalue weighted by molar-refractivity contribution is 0.428. The van der Waals surface area contributed by atoms with Crippen molar-refractivity contribution in [3.63, 3.8) is 0 Å². The van der Waals surface area contributed by atoms with Crippen LogP contribution in [0, 0.1) is 0 Å². The maximum absolute atomic E-state index is 6.19. The number of thiophene rings is 1. The Labute approximate surface area is 111 Å². The molecule has 0 radical (unpaired) electrons. The average molecular weight is 270 g/mol. The van der Waals surface area contributed by atoms with Crippen molar-refractivity contribution in [1.82, 2.24) is 5.32 Å². The minimum absolute atomic E-state index is 0.0628. The third-order valence-electron chi connectivity index (χ3n) is 2.63. The summed E-state index contributed by atoms with van der Waals surface area (Å²) in [5.41, 5.74) is 0. The molecular weight excluding hydrogens is 254 g/mol. The molecule has 17 heavy (non-hydrogen) atoms. The summed E-state index contributed by atoms with van der Waals surface area (Å²) in [5.74, 6) is 1.95. The Morgan fingerprint density at radius 2 is 2.18 bits per heavy atom. The number of halogens is 1. The quantitative estimate of drug-likeness (QED) is 0.878. The molecule has 2 aromatic rings. The Morgan fingerprint density at radius 1 is 1.35 bits per heavy atom. The van der Waals surface area contributed by atoms with Gasteiger partial charge < -0.3 is 9.73 Å². The average Bonchev–Trinajstić information content (AvgIpc) is 2.95. The SMILES string of the molecule is CCNC(c1ccc(CC)o1)c1sccc1Cl. The van der Waals surface area contributed by atoms with Gasteiger partial charge in [0, 0.05) is 11.3 Å². The van der Waals surface area contributed by atoms with Crippen LogP contribution >= 0.6 is 22.9 Å². The molecule has 1 N–H and O–H groups in total. The molecule has 2 rings (SSSR count). The van der Waals surface area contributed by atoms with Crippen molar-refractivity contribution >= 4 is 22.9 Å². The Kier molecular flexibility index (Phi) is 4.26. The molecule has 0 spiro atoms. The zero-order chi connectivity index (χ0) is 12.3. The molecule has 0 saturated carbocycles. The highest BCUT2D eigenvalue weighted by atomic mass is 35.5. The van der Waals surface area contributed by atoms with E-state index in [1.54, 1.807) is 11.3 Å². The van der Waals surface area contributed by atoms with E-state index >= 15 is 0 Å². The van der Waals surface area contributed by atoms with Crippen LogP contribution in [-0.2, 0) is 6.42 Å². The van der Waals surface area contributed by atoms with Crippen LogP contribution in [0.25, 0.3) is 0 Å². The van der Waals surface area contributed by atoms with E-state index in [1.807, 2.05) is 23.6 Å². The van der Waals surface area contributed by atoms with E-state index in [9.17, 15) is 0 Å². The zero-order valence-corrected chi connectivity index (χ0v) is 11.6. The highest BCUT2D eigenvalue weighted by molar-refractivity contribution is 7.10. The Balaban J connectivity index is 2.32. The van der Waals surface area contributed by atoms with Gasteiger partial charge in [-0.3, -0.25) is 0 Å². The summed E-state index contributed by atoms with van der Waals surface area (Å²) in [6.07, 6.45) is 0.914. The van der Waals surface area contributed by atoms with Crippen molar-refractivity contribution in [2.24, 2.45) is 0 Å². The minimum atomic E-state index is 0.0628. The van der Waals surface area contributed by atoms with Gasteiger partial charge in [-0.15, -0.1) is 11.3 Å². The van der Waals surface area contributed by atoms with Gasteiger partial charge in [0.2, 0.25) is 0 Å². The van der Waals surface area contributed by atoms with Gasteiger partial charge in [-0.1, -0.05) is 25.4 Å². The van der Waals surface area contributed by atoms with Crippen molar-refractivity contribution in [3.05, 3.63) is 45.0 Å². The van der Waals surface area contributed by atoms with Gasteiger partial charge in [-0.2, -0.15) is 0 Å². The summed E-state index contributed by atoms with van der Waals surface area (Å²) in [4.78, 5) is 1.12. The number of rotatable bonds is 5. The summed E-state index contributed by atoms with van der Waals surface area (Å²) in [5, 5.41) is 6.22. The number of hydrogen-bond acceptors (Lipinski definition) is 3. The van der Waals surface area contributed by atoms with Crippen LogP contribution < -0.4 is 5.32 Å². The van der Waals surface area contributed by atoms with Crippen LogP contribution in [0.15, 0.2) is 28.0 Å². The van der Waals surface area contributed by atoms with E-state index in [0.29, 0.717) is 0 Å². The van der Waals surface area contributed by atoms with E-state index < -0.39 is 0 Å². The van der Waals surface area contributed by atoms with E-state index in [2.05, 4.69) is 19.2 Å². The molecule has 0 aromatic carbocycles. The fourth-order valence-corrected chi connectivity index (χ4v) is 3.03. The standard InChI is InChI=1S/C13H16ClNOS/c1-3-9-5-6-11(16-9)12(15-4-2)13-10(14)7-8-17-13/h5-8,12,15H,3-4H2,1-2H3. The summed E-state index contributed by atoms with van der Waals surface area (Å²) < 4.78 is 5.81. The highest BCUT2D eigenvalue weighted by Crippen LogP contribution is 2.33. The number of nitrogens with one attached hydrogen (secondary N) is 1. The van der Waals surface area contributed by atoms with Gasteiger partial charge in [0.1, 0.15) is 17.6 Å². The second-order valence-electron chi connectivity index (χ2n) is 3.78. The van der Waals surface area contributed by atoms with Crippen molar-refractivity contribution in [1.29, 1.82) is 0 Å². The molecule has 0 aliphatic heterocycles. The van der Waals surface area contributed by atoms with Crippen molar-refractivity contribution in [3.8, 4) is 0 Å². The molecule has 1 unspecified atom stereocenters. The smallest absolute Gasteiger partial charge is 0.126 e. The monoisotopic (exact) mass is 269 g/mol. The predicted molar refractivity (Wildman–Crippen MR) is 72.9 cm³/mol. The predicted octanol–water partition coefficient (Wildman–Crippen LogP) is 4.26. The fourth-order valence-electron chi connectivity index (χ4n) is 1.78. The molecular formula is C13H16ClNOS. The third kappa shape index (κ3) is 2.73. The molecule has 2 nitrogen and oxygen atoms in total. The summed E-state index contributed by atoms with van der Waals surface area (Å²) in [6, 6.07) is 6.05. The lowest BCUT2D eigenvalue weighted by Crippen LogP contribution is -2.20. The van der Waals surface area contributed by atoms with E-state index in [0.717, 1.165) is 34.4 Å². The number of aryl methyl sites for hydroxylation is 1. The van der Waals surface area contributed by atoms with Gasteiger partial charge >= 0.3 is 0 Å². The van der Waals surface area contributed by atoms with Gasteiger partial charge in [0.05, 0.1) is 5.02 Å². The summed E-state index contributed by atoms with van der Waals surface area (Å²) in [7, 11) is 0. The minimum Gasteiger partial charge on any atom is -0.464 e. The highest BCUT2D eigenvalue weighted by Gasteiger charge is 2.20. The fraction of sp³-hybridized carbons (Fsp3) is 0.385. The van der Waals surface area contributed by atoms with Gasteiger partial charge in [0.15, 0.2) is 0 Å². The van der Waals surface area contributed by atoms with Crippen LogP contribution in [0.4, 0.5) is 0 Å². The van der Waals surface area contributed by atoms with Gasteiger partial charge in [-0.05, 0) is 30.1 Å². The van der Waals surface area contributed by atoms with Crippen molar-refractivity contribution < 1.29 is 4.42 Å². The summed E-state index contributed by atoms with van der Waals surface area (Å²) >= 11 is 7.84. The Hall–Kier alpha value is -0.770. The van der Waals surface area contributed by atoms with E-state index in [-0.39, 0.29) is 6.04 Å². The lowest BCUT2D eigenvalue weighted by Gasteiger charge is -2.14. The molecule has 4 heteroatoms. The van der Waals surface area contributed by atoms with E-state index in [1.165, 1.54) is 0 Å². The molecule has 0 fully saturated rings. The maximum Gasteiger partial charge on any atom is 0.126 e. The lowest BCUT2D eigenvalue weighted by atomic mass is 10.2. The van der Waals surface area contributed by atoms with Gasteiger partial charge in [-0.25, -0.2) is 0 Å². The van der Waals surface area contributed by atoms with Crippen LogP contribution in [0.1, 0.15) is 36.3 Å². The van der Waals surface area contributed by atoms with Crippen LogP contribution in [0.5, 0.6) is 0 Å². The topological polar surface area (TPSA) is 25.2 Å². The Bertz CT molecular complexity index is 477. The summed E-state index contributed by atoms with van der Waals surface area (Å²) in [6.45, 7) is 5.04. The first-order valence-electron chi connectivity index (χ1n) is 5.81. The molecule has 0 aliphatic rings.